The standard InChI is InChI=1S/C24H22F3N7O3/c1-3-4-11-37-17-8-5-15(6-9-17)30-23-18(13-28)14(2)21(22(29)31-23)33-32-20-10-7-16(34(35)36)12-19(20)24(25,26)27/h5-10,12H,3-4,11H2,1-2H3,(H3,29,30,31)/b33-32+. The number of nitriles is 1. The van der Waals surface area contributed by atoms with E-state index in [4.69, 9.17) is 10.5 Å². The van der Waals surface area contributed by atoms with Gasteiger partial charge in [-0.05, 0) is 43.7 Å². The van der Waals surface area contributed by atoms with Gasteiger partial charge in [0, 0.05) is 23.4 Å². The molecule has 0 radical (unpaired) electrons. The summed E-state index contributed by atoms with van der Waals surface area (Å²) in [5.74, 6) is 0.628. The third-order valence-electron chi connectivity index (χ3n) is 5.19. The Morgan fingerprint density at radius 1 is 1.22 bits per heavy atom. The predicted octanol–water partition coefficient (Wildman–Crippen LogP) is 7.11. The first-order chi connectivity index (χ1) is 17.5. The van der Waals surface area contributed by atoms with Gasteiger partial charge in [-0.2, -0.15) is 18.4 Å². The fourth-order valence-electron chi connectivity index (χ4n) is 3.23. The zero-order valence-corrected chi connectivity index (χ0v) is 19.8. The maximum atomic E-state index is 13.4. The van der Waals surface area contributed by atoms with Crippen molar-refractivity contribution in [1.29, 1.82) is 5.26 Å². The van der Waals surface area contributed by atoms with Crippen LogP contribution in [0, 0.1) is 28.4 Å². The van der Waals surface area contributed by atoms with Gasteiger partial charge >= 0.3 is 6.18 Å². The number of hydrogen-bond acceptors (Lipinski definition) is 9. The lowest BCUT2D eigenvalue weighted by Crippen LogP contribution is -2.06. The Kier molecular flexibility index (Phi) is 8.23. The molecular weight excluding hydrogens is 491 g/mol. The highest BCUT2D eigenvalue weighted by molar-refractivity contribution is 5.75. The maximum absolute atomic E-state index is 13.4. The van der Waals surface area contributed by atoms with E-state index in [2.05, 4.69) is 27.5 Å². The number of halogens is 3. The van der Waals surface area contributed by atoms with Gasteiger partial charge in [-0.1, -0.05) is 13.3 Å². The van der Waals surface area contributed by atoms with E-state index < -0.39 is 28.0 Å². The van der Waals surface area contributed by atoms with E-state index >= 15 is 0 Å². The number of aromatic nitrogens is 1. The first-order valence-electron chi connectivity index (χ1n) is 11.0. The van der Waals surface area contributed by atoms with Crippen molar-refractivity contribution < 1.29 is 22.8 Å². The van der Waals surface area contributed by atoms with Crippen LogP contribution in [0.15, 0.2) is 52.7 Å². The number of ether oxygens (including phenoxy) is 1. The van der Waals surface area contributed by atoms with Crippen LogP contribution < -0.4 is 15.8 Å². The van der Waals surface area contributed by atoms with Crippen molar-refractivity contribution in [2.75, 3.05) is 17.7 Å². The SMILES string of the molecule is CCCCOc1ccc(Nc2nc(N)c(/N=N/c3ccc([N+](=O)[O-])cc3C(F)(F)F)c(C)c2C#N)cc1. The van der Waals surface area contributed by atoms with Crippen LogP contribution in [0.25, 0.3) is 0 Å². The number of pyridine rings is 1. The molecule has 192 valence electrons. The molecule has 0 bridgehead atoms. The number of alkyl halides is 3. The minimum absolute atomic E-state index is 0.0613. The Morgan fingerprint density at radius 3 is 2.51 bits per heavy atom. The Balaban J connectivity index is 1.92. The summed E-state index contributed by atoms with van der Waals surface area (Å²) in [6, 6.07) is 11.1. The largest absolute Gasteiger partial charge is 0.494 e. The summed E-state index contributed by atoms with van der Waals surface area (Å²) < 4.78 is 45.9. The molecule has 3 N–H and O–H groups in total. The topological polar surface area (TPSA) is 152 Å². The lowest BCUT2D eigenvalue weighted by atomic mass is 10.1. The molecule has 3 aromatic rings. The summed E-state index contributed by atoms with van der Waals surface area (Å²) in [6.07, 6.45) is -2.98. The molecule has 1 heterocycles. The predicted molar refractivity (Wildman–Crippen MR) is 131 cm³/mol. The van der Waals surface area contributed by atoms with Crippen molar-refractivity contribution >= 4 is 34.4 Å². The fourth-order valence-corrected chi connectivity index (χ4v) is 3.23. The smallest absolute Gasteiger partial charge is 0.418 e. The van der Waals surface area contributed by atoms with Crippen molar-refractivity contribution in [3.63, 3.8) is 0 Å². The monoisotopic (exact) mass is 513 g/mol. The van der Waals surface area contributed by atoms with E-state index in [-0.39, 0.29) is 28.5 Å². The molecule has 0 aliphatic heterocycles. The molecule has 0 saturated heterocycles. The van der Waals surface area contributed by atoms with E-state index in [1.165, 1.54) is 6.92 Å². The van der Waals surface area contributed by atoms with Crippen molar-refractivity contribution in [2.24, 2.45) is 10.2 Å². The number of nitrogens with zero attached hydrogens (tertiary/aromatic N) is 5. The molecule has 0 fully saturated rings. The molecule has 0 spiro atoms. The summed E-state index contributed by atoms with van der Waals surface area (Å²) in [5, 5.41) is 31.0. The Morgan fingerprint density at radius 2 is 1.92 bits per heavy atom. The first kappa shape index (κ1) is 26.9. The normalized spacial score (nSPS) is 11.4. The van der Waals surface area contributed by atoms with Gasteiger partial charge in [-0.25, -0.2) is 4.98 Å². The lowest BCUT2D eigenvalue weighted by molar-refractivity contribution is -0.385. The maximum Gasteiger partial charge on any atom is 0.418 e. The number of unbranched alkanes of at least 4 members (excludes halogenated alkanes) is 1. The molecule has 0 atom stereocenters. The van der Waals surface area contributed by atoms with Crippen LogP contribution in [-0.4, -0.2) is 16.5 Å². The van der Waals surface area contributed by atoms with Gasteiger partial charge in [-0.3, -0.25) is 10.1 Å². The Hall–Kier alpha value is -4.73. The van der Waals surface area contributed by atoms with Crippen molar-refractivity contribution in [3.8, 4) is 11.8 Å². The summed E-state index contributed by atoms with van der Waals surface area (Å²) in [6.45, 7) is 4.16. The number of benzene rings is 2. The number of hydrogen-bond donors (Lipinski definition) is 2. The van der Waals surface area contributed by atoms with E-state index in [0.717, 1.165) is 25.0 Å². The number of nitrogen functional groups attached to an aromatic ring is 1. The third kappa shape index (κ3) is 6.49. The molecule has 0 unspecified atom stereocenters. The molecule has 1 aromatic heterocycles. The molecule has 0 amide bonds. The minimum Gasteiger partial charge on any atom is -0.494 e. The van der Waals surface area contributed by atoms with Crippen molar-refractivity contribution in [3.05, 3.63) is 69.3 Å². The van der Waals surface area contributed by atoms with Crippen LogP contribution in [0.2, 0.25) is 0 Å². The van der Waals surface area contributed by atoms with Crippen LogP contribution in [0.1, 0.15) is 36.5 Å². The number of nitro groups is 1. The molecule has 37 heavy (non-hydrogen) atoms. The van der Waals surface area contributed by atoms with Gasteiger partial charge in [0.1, 0.15) is 17.5 Å². The summed E-state index contributed by atoms with van der Waals surface area (Å²) in [5.41, 5.74) is 4.05. The van der Waals surface area contributed by atoms with Crippen LogP contribution in [-0.2, 0) is 6.18 Å². The summed E-state index contributed by atoms with van der Waals surface area (Å²) >= 11 is 0. The molecule has 3 rings (SSSR count). The van der Waals surface area contributed by atoms with Gasteiger partial charge in [0.05, 0.1) is 28.3 Å². The third-order valence-corrected chi connectivity index (χ3v) is 5.19. The molecular formula is C24H22F3N7O3. The van der Waals surface area contributed by atoms with E-state index in [0.29, 0.717) is 24.1 Å². The van der Waals surface area contributed by atoms with Gasteiger partial charge in [0.25, 0.3) is 5.69 Å². The van der Waals surface area contributed by atoms with E-state index in [9.17, 15) is 28.5 Å². The molecule has 0 aliphatic rings. The van der Waals surface area contributed by atoms with Crippen molar-refractivity contribution in [1.82, 2.24) is 4.98 Å². The zero-order chi connectivity index (χ0) is 27.2. The summed E-state index contributed by atoms with van der Waals surface area (Å²) in [4.78, 5) is 14.1. The highest BCUT2D eigenvalue weighted by Crippen LogP contribution is 2.40. The quantitative estimate of drug-likeness (QED) is 0.134. The average molecular weight is 513 g/mol. The molecule has 13 heteroatoms. The number of nitrogens with two attached hydrogens (primary N) is 1. The summed E-state index contributed by atoms with van der Waals surface area (Å²) in [7, 11) is 0. The minimum atomic E-state index is -4.92. The number of anilines is 3. The molecule has 0 aliphatic carbocycles. The van der Waals surface area contributed by atoms with Crippen molar-refractivity contribution in [2.45, 2.75) is 32.9 Å². The average Bonchev–Trinajstić information content (AvgIpc) is 2.84. The molecule has 2 aromatic carbocycles. The number of non-ortho nitro benzene ring substituents is 1. The zero-order valence-electron chi connectivity index (χ0n) is 19.8. The van der Waals surface area contributed by atoms with Crippen LogP contribution in [0.4, 0.5) is 47.6 Å². The first-order valence-corrected chi connectivity index (χ1v) is 11.0. The van der Waals surface area contributed by atoms with Crippen LogP contribution >= 0.6 is 0 Å². The highest BCUT2D eigenvalue weighted by Gasteiger charge is 2.35. The lowest BCUT2D eigenvalue weighted by Gasteiger charge is -2.13. The van der Waals surface area contributed by atoms with E-state index in [1.807, 2.05) is 6.07 Å². The Labute approximate surface area is 209 Å². The Bertz CT molecular complexity index is 1370. The van der Waals surface area contributed by atoms with E-state index in [1.54, 1.807) is 24.3 Å². The van der Waals surface area contributed by atoms with Gasteiger partial charge in [-0.15, -0.1) is 10.2 Å². The second-order valence-electron chi connectivity index (χ2n) is 7.81. The second kappa shape index (κ2) is 11.3. The fraction of sp³-hybridized carbons (Fsp3) is 0.250. The van der Waals surface area contributed by atoms with Gasteiger partial charge in [0.2, 0.25) is 0 Å². The van der Waals surface area contributed by atoms with Gasteiger partial charge < -0.3 is 15.8 Å². The van der Waals surface area contributed by atoms with Gasteiger partial charge in [0.15, 0.2) is 11.6 Å². The van der Waals surface area contributed by atoms with Crippen LogP contribution in [0.3, 0.4) is 0 Å². The number of rotatable bonds is 9. The molecule has 0 saturated carbocycles. The van der Waals surface area contributed by atoms with Crippen LogP contribution in [0.5, 0.6) is 5.75 Å². The second-order valence-corrected chi connectivity index (χ2v) is 7.81. The number of azo groups is 1. The number of nitro benzene ring substituents is 1. The number of nitrogens with one attached hydrogen (secondary N) is 1. The highest BCUT2D eigenvalue weighted by atomic mass is 19.4. The molecule has 10 nitrogen and oxygen atoms in total.